The molecule has 6 nitrogen and oxygen atoms in total. The van der Waals surface area contributed by atoms with E-state index in [2.05, 4.69) is 60.6 Å². The van der Waals surface area contributed by atoms with Gasteiger partial charge in [-0.25, -0.2) is 4.99 Å². The molecule has 0 saturated heterocycles. The standard InChI is InChI=1S/C21H33N5O/c1-7-22-21(24-14-20-16(4)25-26(6)17(20)5)23-12-13-27-19-10-8-18(9-11-19)15(2)3/h8-11,15H,7,12-14H2,1-6H3,(H2,22,23,24). The van der Waals surface area contributed by atoms with Crippen LogP contribution in [0.25, 0.3) is 0 Å². The number of nitrogens with zero attached hydrogens (tertiary/aromatic N) is 3. The van der Waals surface area contributed by atoms with Crippen molar-refractivity contribution < 1.29 is 4.74 Å². The van der Waals surface area contributed by atoms with Crippen LogP contribution >= 0.6 is 0 Å². The van der Waals surface area contributed by atoms with Crippen LogP contribution < -0.4 is 15.4 Å². The molecule has 148 valence electrons. The van der Waals surface area contributed by atoms with Gasteiger partial charge in [0.25, 0.3) is 0 Å². The molecule has 2 N–H and O–H groups in total. The molecule has 1 aromatic heterocycles. The summed E-state index contributed by atoms with van der Waals surface area (Å²) >= 11 is 0. The molecule has 2 rings (SSSR count). The number of hydrogen-bond acceptors (Lipinski definition) is 3. The van der Waals surface area contributed by atoms with E-state index in [1.165, 1.54) is 11.1 Å². The quantitative estimate of drug-likeness (QED) is 0.425. The van der Waals surface area contributed by atoms with Crippen molar-refractivity contribution in [1.29, 1.82) is 0 Å². The second kappa shape index (κ2) is 10.00. The van der Waals surface area contributed by atoms with Gasteiger partial charge in [-0.15, -0.1) is 0 Å². The minimum absolute atomic E-state index is 0.534. The zero-order valence-corrected chi connectivity index (χ0v) is 17.5. The Kier molecular flexibility index (Phi) is 7.70. The minimum Gasteiger partial charge on any atom is -0.492 e. The van der Waals surface area contributed by atoms with E-state index in [4.69, 9.17) is 4.74 Å². The van der Waals surface area contributed by atoms with Crippen LogP contribution in [0.15, 0.2) is 29.3 Å². The average Bonchev–Trinajstić information content (AvgIpc) is 2.88. The van der Waals surface area contributed by atoms with E-state index in [0.717, 1.165) is 29.6 Å². The fraction of sp³-hybridized carbons (Fsp3) is 0.524. The number of guanidine groups is 1. The van der Waals surface area contributed by atoms with E-state index < -0.39 is 0 Å². The van der Waals surface area contributed by atoms with Gasteiger partial charge in [0.05, 0.1) is 18.8 Å². The average molecular weight is 372 g/mol. The second-order valence-corrected chi connectivity index (χ2v) is 6.97. The van der Waals surface area contributed by atoms with Gasteiger partial charge in [0.2, 0.25) is 0 Å². The highest BCUT2D eigenvalue weighted by atomic mass is 16.5. The van der Waals surface area contributed by atoms with Crippen LogP contribution in [-0.4, -0.2) is 35.4 Å². The topological polar surface area (TPSA) is 63.5 Å². The van der Waals surface area contributed by atoms with Gasteiger partial charge in [-0.3, -0.25) is 4.68 Å². The number of nitrogens with one attached hydrogen (secondary N) is 2. The molecule has 0 saturated carbocycles. The highest BCUT2D eigenvalue weighted by Gasteiger charge is 2.09. The molecule has 27 heavy (non-hydrogen) atoms. The van der Waals surface area contributed by atoms with Gasteiger partial charge < -0.3 is 15.4 Å². The number of benzene rings is 1. The lowest BCUT2D eigenvalue weighted by Gasteiger charge is -2.13. The van der Waals surface area contributed by atoms with Crippen LogP contribution in [0.3, 0.4) is 0 Å². The summed E-state index contributed by atoms with van der Waals surface area (Å²) in [4.78, 5) is 4.68. The molecular formula is C21H33N5O. The van der Waals surface area contributed by atoms with Crippen molar-refractivity contribution in [2.75, 3.05) is 19.7 Å². The van der Waals surface area contributed by atoms with Crippen molar-refractivity contribution in [3.63, 3.8) is 0 Å². The van der Waals surface area contributed by atoms with E-state index >= 15 is 0 Å². The van der Waals surface area contributed by atoms with Crippen molar-refractivity contribution in [3.05, 3.63) is 46.8 Å². The molecule has 1 heterocycles. The normalized spacial score (nSPS) is 11.7. The molecule has 0 fully saturated rings. The zero-order chi connectivity index (χ0) is 19.8. The molecule has 0 unspecified atom stereocenters. The zero-order valence-electron chi connectivity index (χ0n) is 17.5. The van der Waals surface area contributed by atoms with Crippen LogP contribution in [-0.2, 0) is 13.6 Å². The lowest BCUT2D eigenvalue weighted by atomic mass is 10.0. The number of ether oxygens (including phenoxy) is 1. The first-order valence-electron chi connectivity index (χ1n) is 9.66. The summed E-state index contributed by atoms with van der Waals surface area (Å²) in [7, 11) is 1.96. The molecule has 0 bridgehead atoms. The Morgan fingerprint density at radius 2 is 1.89 bits per heavy atom. The van der Waals surface area contributed by atoms with Gasteiger partial charge in [-0.2, -0.15) is 5.10 Å². The maximum absolute atomic E-state index is 5.82. The van der Waals surface area contributed by atoms with E-state index in [1.54, 1.807) is 0 Å². The van der Waals surface area contributed by atoms with Gasteiger partial charge in [-0.05, 0) is 44.4 Å². The number of aryl methyl sites for hydroxylation is 2. The number of aliphatic imine (C=N–C) groups is 1. The predicted octanol–water partition coefficient (Wildman–Crippen LogP) is 3.29. The third-order valence-electron chi connectivity index (χ3n) is 4.61. The highest BCUT2D eigenvalue weighted by molar-refractivity contribution is 5.79. The molecule has 1 aromatic carbocycles. The molecule has 0 atom stereocenters. The summed E-state index contributed by atoms with van der Waals surface area (Å²) in [6.45, 7) is 13.2. The first-order valence-corrected chi connectivity index (χ1v) is 9.66. The lowest BCUT2D eigenvalue weighted by molar-refractivity contribution is 0.322. The number of aromatic nitrogens is 2. The monoisotopic (exact) mass is 371 g/mol. The summed E-state index contributed by atoms with van der Waals surface area (Å²) in [5.41, 5.74) is 4.68. The van der Waals surface area contributed by atoms with Crippen molar-refractivity contribution in [3.8, 4) is 5.75 Å². The Morgan fingerprint density at radius 3 is 2.44 bits per heavy atom. The minimum atomic E-state index is 0.534. The summed E-state index contributed by atoms with van der Waals surface area (Å²) < 4.78 is 7.72. The molecule has 0 amide bonds. The van der Waals surface area contributed by atoms with E-state index in [9.17, 15) is 0 Å². The summed E-state index contributed by atoms with van der Waals surface area (Å²) in [5.74, 6) is 2.22. The van der Waals surface area contributed by atoms with E-state index in [-0.39, 0.29) is 0 Å². The fourth-order valence-electron chi connectivity index (χ4n) is 2.83. The van der Waals surface area contributed by atoms with Crippen molar-refractivity contribution >= 4 is 5.96 Å². The lowest BCUT2D eigenvalue weighted by Crippen LogP contribution is -2.39. The molecular weight excluding hydrogens is 338 g/mol. The molecule has 0 aliphatic rings. The predicted molar refractivity (Wildman–Crippen MR) is 112 cm³/mol. The van der Waals surface area contributed by atoms with Crippen molar-refractivity contribution in [2.45, 2.75) is 47.1 Å². The fourth-order valence-corrected chi connectivity index (χ4v) is 2.83. The smallest absolute Gasteiger partial charge is 0.191 e. The number of rotatable bonds is 8. The van der Waals surface area contributed by atoms with Gasteiger partial charge >= 0.3 is 0 Å². The van der Waals surface area contributed by atoms with Gasteiger partial charge in [0.15, 0.2) is 5.96 Å². The van der Waals surface area contributed by atoms with Gasteiger partial charge in [-0.1, -0.05) is 26.0 Å². The van der Waals surface area contributed by atoms with Gasteiger partial charge in [0.1, 0.15) is 12.4 Å². The second-order valence-electron chi connectivity index (χ2n) is 6.97. The molecule has 0 spiro atoms. The Bertz CT molecular complexity index is 747. The first kappa shape index (κ1) is 20.8. The Hall–Kier alpha value is -2.50. The Labute approximate surface area is 163 Å². The van der Waals surface area contributed by atoms with Crippen LogP contribution in [0, 0.1) is 13.8 Å². The van der Waals surface area contributed by atoms with Crippen molar-refractivity contribution in [2.24, 2.45) is 12.0 Å². The Balaban J connectivity index is 1.85. The SMILES string of the molecule is CCNC(=NCc1c(C)nn(C)c1C)NCCOc1ccc(C(C)C)cc1. The van der Waals surface area contributed by atoms with Gasteiger partial charge in [0, 0.05) is 24.8 Å². The van der Waals surface area contributed by atoms with Crippen LogP contribution in [0.1, 0.15) is 49.2 Å². The van der Waals surface area contributed by atoms with Crippen LogP contribution in [0.4, 0.5) is 0 Å². The first-order chi connectivity index (χ1) is 12.9. The summed E-state index contributed by atoms with van der Waals surface area (Å²) in [6, 6.07) is 8.31. The largest absolute Gasteiger partial charge is 0.492 e. The molecule has 0 radical (unpaired) electrons. The number of hydrogen-bond donors (Lipinski definition) is 2. The molecule has 6 heteroatoms. The maximum atomic E-state index is 5.82. The highest BCUT2D eigenvalue weighted by Crippen LogP contribution is 2.18. The van der Waals surface area contributed by atoms with Crippen LogP contribution in [0.5, 0.6) is 5.75 Å². The summed E-state index contributed by atoms with van der Waals surface area (Å²) in [6.07, 6.45) is 0. The molecule has 2 aromatic rings. The third-order valence-corrected chi connectivity index (χ3v) is 4.61. The van der Waals surface area contributed by atoms with E-state index in [0.29, 0.717) is 25.6 Å². The molecule has 0 aliphatic carbocycles. The maximum Gasteiger partial charge on any atom is 0.191 e. The molecule has 0 aliphatic heterocycles. The van der Waals surface area contributed by atoms with Crippen molar-refractivity contribution in [1.82, 2.24) is 20.4 Å². The van der Waals surface area contributed by atoms with Crippen LogP contribution in [0.2, 0.25) is 0 Å². The third kappa shape index (κ3) is 6.01. The summed E-state index contributed by atoms with van der Waals surface area (Å²) in [5, 5.41) is 11.0. The Morgan fingerprint density at radius 1 is 1.19 bits per heavy atom. The van der Waals surface area contributed by atoms with E-state index in [1.807, 2.05) is 30.8 Å².